The number of carbonyl (C=O) groups is 1. The van der Waals surface area contributed by atoms with E-state index in [1.165, 1.54) is 21.3 Å². The largest absolute Gasteiger partial charge is 0.493 e. The summed E-state index contributed by atoms with van der Waals surface area (Å²) < 4.78 is 15.7. The third-order valence-electron chi connectivity index (χ3n) is 3.00. The summed E-state index contributed by atoms with van der Waals surface area (Å²) >= 11 is 0. The predicted octanol–water partition coefficient (Wildman–Crippen LogP) is 2.08. The Morgan fingerprint density at radius 1 is 1.14 bits per heavy atom. The van der Waals surface area contributed by atoms with Crippen LogP contribution in [-0.4, -0.2) is 38.9 Å². The number of hydrogen-bond acceptors (Lipinski definition) is 5. The van der Waals surface area contributed by atoms with Gasteiger partial charge in [-0.1, -0.05) is 13.8 Å². The Morgan fingerprint density at radius 3 is 2.00 bits per heavy atom. The molecule has 0 aliphatic rings. The molecule has 6 heteroatoms. The van der Waals surface area contributed by atoms with Gasteiger partial charge >= 0.3 is 5.97 Å². The second kappa shape index (κ2) is 7.73. The molecule has 0 spiro atoms. The third kappa shape index (κ3) is 4.26. The Kier molecular flexibility index (Phi) is 6.30. The Labute approximate surface area is 125 Å². The van der Waals surface area contributed by atoms with Gasteiger partial charge in [-0.3, -0.25) is 4.79 Å². The van der Waals surface area contributed by atoms with Crippen LogP contribution in [0.2, 0.25) is 0 Å². The van der Waals surface area contributed by atoms with Crippen molar-refractivity contribution in [3.05, 3.63) is 17.7 Å². The van der Waals surface area contributed by atoms with Gasteiger partial charge in [0.15, 0.2) is 11.5 Å². The first kappa shape index (κ1) is 17.1. The number of nitrogens with one attached hydrogen (secondary N) is 1. The maximum absolute atomic E-state index is 11.5. The van der Waals surface area contributed by atoms with Gasteiger partial charge < -0.3 is 24.6 Å². The summed E-state index contributed by atoms with van der Waals surface area (Å²) in [5, 5.41) is 12.4. The Hall–Kier alpha value is -1.95. The van der Waals surface area contributed by atoms with Gasteiger partial charge in [-0.05, 0) is 30.2 Å². The first-order chi connectivity index (χ1) is 9.94. The van der Waals surface area contributed by atoms with Crippen LogP contribution in [0.1, 0.15) is 25.5 Å². The molecule has 6 nitrogen and oxygen atoms in total. The quantitative estimate of drug-likeness (QED) is 0.765. The summed E-state index contributed by atoms with van der Waals surface area (Å²) in [7, 11) is 4.50. The van der Waals surface area contributed by atoms with E-state index in [2.05, 4.69) is 5.32 Å². The summed E-state index contributed by atoms with van der Waals surface area (Å²) in [5.74, 6) is 0.699. The van der Waals surface area contributed by atoms with Crippen LogP contribution in [0, 0.1) is 5.92 Å². The number of rotatable bonds is 8. The number of ether oxygens (including phenoxy) is 3. The molecule has 21 heavy (non-hydrogen) atoms. The molecule has 118 valence electrons. The maximum atomic E-state index is 11.5. The summed E-state index contributed by atoms with van der Waals surface area (Å²) in [4.78, 5) is 11.5. The molecular formula is C15H23NO5. The Balaban J connectivity index is 3.22. The number of carboxylic acids is 1. The first-order valence-electron chi connectivity index (χ1n) is 6.70. The molecule has 0 saturated carbocycles. The third-order valence-corrected chi connectivity index (χ3v) is 3.00. The minimum absolute atomic E-state index is 0.342. The van der Waals surface area contributed by atoms with Crippen molar-refractivity contribution in [1.29, 1.82) is 0 Å². The molecule has 0 aliphatic heterocycles. The smallest absolute Gasteiger partial charge is 0.325 e. The molecule has 1 aromatic rings. The Morgan fingerprint density at radius 2 is 1.67 bits per heavy atom. The maximum Gasteiger partial charge on any atom is 0.325 e. The summed E-state index contributed by atoms with van der Waals surface area (Å²) in [6.45, 7) is 4.62. The zero-order valence-electron chi connectivity index (χ0n) is 13.1. The van der Waals surface area contributed by atoms with Crippen molar-refractivity contribution >= 4 is 5.97 Å². The van der Waals surface area contributed by atoms with Crippen LogP contribution >= 0.6 is 0 Å². The molecule has 0 heterocycles. The van der Waals surface area contributed by atoms with Crippen molar-refractivity contribution in [2.24, 2.45) is 5.92 Å². The van der Waals surface area contributed by atoms with Gasteiger partial charge in [0.2, 0.25) is 5.75 Å². The topological polar surface area (TPSA) is 77.0 Å². The van der Waals surface area contributed by atoms with Crippen molar-refractivity contribution in [2.45, 2.75) is 19.9 Å². The standard InChI is InChI=1S/C15H23NO5/c1-9(2)8-16-13(15(17)18)10-6-11(19-3)14(21-5)12(7-10)20-4/h6-7,9,13,16H,8H2,1-5H3,(H,17,18). The van der Waals surface area contributed by atoms with Crippen molar-refractivity contribution in [2.75, 3.05) is 27.9 Å². The molecule has 0 amide bonds. The molecule has 0 bridgehead atoms. The average molecular weight is 297 g/mol. The van der Waals surface area contributed by atoms with E-state index in [0.717, 1.165) is 0 Å². The highest BCUT2D eigenvalue weighted by Crippen LogP contribution is 2.39. The molecular weight excluding hydrogens is 274 g/mol. The minimum Gasteiger partial charge on any atom is -0.493 e. The fourth-order valence-corrected chi connectivity index (χ4v) is 1.97. The highest BCUT2D eigenvalue weighted by molar-refractivity contribution is 5.76. The lowest BCUT2D eigenvalue weighted by molar-refractivity contribution is -0.139. The van der Waals surface area contributed by atoms with Crippen molar-refractivity contribution < 1.29 is 24.1 Å². The van der Waals surface area contributed by atoms with E-state index >= 15 is 0 Å². The van der Waals surface area contributed by atoms with E-state index < -0.39 is 12.0 Å². The van der Waals surface area contributed by atoms with Crippen molar-refractivity contribution in [1.82, 2.24) is 5.32 Å². The van der Waals surface area contributed by atoms with Gasteiger partial charge in [-0.25, -0.2) is 0 Å². The number of carboxylic acid groups (broad SMARTS) is 1. The fourth-order valence-electron chi connectivity index (χ4n) is 1.97. The highest BCUT2D eigenvalue weighted by Gasteiger charge is 2.23. The average Bonchev–Trinajstić information content (AvgIpc) is 2.45. The normalized spacial score (nSPS) is 12.1. The Bertz CT molecular complexity index is 462. The van der Waals surface area contributed by atoms with Crippen LogP contribution in [0.15, 0.2) is 12.1 Å². The van der Waals surface area contributed by atoms with Gasteiger partial charge in [-0.2, -0.15) is 0 Å². The number of benzene rings is 1. The van der Waals surface area contributed by atoms with Crippen LogP contribution in [0.25, 0.3) is 0 Å². The van der Waals surface area contributed by atoms with Gasteiger partial charge in [0.1, 0.15) is 6.04 Å². The monoisotopic (exact) mass is 297 g/mol. The SMILES string of the molecule is COc1cc(C(NCC(C)C)C(=O)O)cc(OC)c1OC. The van der Waals surface area contributed by atoms with E-state index in [1.807, 2.05) is 13.8 Å². The second-order valence-corrected chi connectivity index (χ2v) is 5.03. The molecule has 0 radical (unpaired) electrons. The van der Waals surface area contributed by atoms with Crippen molar-refractivity contribution in [3.8, 4) is 17.2 Å². The molecule has 1 aromatic carbocycles. The van der Waals surface area contributed by atoms with E-state index in [1.54, 1.807) is 12.1 Å². The van der Waals surface area contributed by atoms with Crippen LogP contribution in [0.5, 0.6) is 17.2 Å². The van der Waals surface area contributed by atoms with E-state index in [0.29, 0.717) is 35.3 Å². The number of aliphatic carboxylic acids is 1. The lowest BCUT2D eigenvalue weighted by Crippen LogP contribution is -2.31. The summed E-state index contributed by atoms with van der Waals surface area (Å²) in [6.07, 6.45) is 0. The zero-order chi connectivity index (χ0) is 16.0. The lowest BCUT2D eigenvalue weighted by atomic mass is 10.0. The van der Waals surface area contributed by atoms with Gasteiger partial charge in [0.25, 0.3) is 0 Å². The molecule has 1 atom stereocenters. The highest BCUT2D eigenvalue weighted by atomic mass is 16.5. The summed E-state index contributed by atoms with van der Waals surface area (Å²) in [6, 6.07) is 2.46. The molecule has 0 fully saturated rings. The molecule has 0 aliphatic carbocycles. The van der Waals surface area contributed by atoms with Gasteiger partial charge in [-0.15, -0.1) is 0 Å². The van der Waals surface area contributed by atoms with Gasteiger partial charge in [0.05, 0.1) is 21.3 Å². The number of hydrogen-bond donors (Lipinski definition) is 2. The van der Waals surface area contributed by atoms with Crippen LogP contribution in [-0.2, 0) is 4.79 Å². The van der Waals surface area contributed by atoms with Crippen LogP contribution in [0.4, 0.5) is 0 Å². The van der Waals surface area contributed by atoms with Crippen molar-refractivity contribution in [3.63, 3.8) is 0 Å². The molecule has 2 N–H and O–H groups in total. The molecule has 1 unspecified atom stereocenters. The minimum atomic E-state index is -0.954. The fraction of sp³-hybridized carbons (Fsp3) is 0.533. The molecule has 0 aromatic heterocycles. The lowest BCUT2D eigenvalue weighted by Gasteiger charge is -2.19. The zero-order valence-corrected chi connectivity index (χ0v) is 13.1. The second-order valence-electron chi connectivity index (χ2n) is 5.03. The van der Waals surface area contributed by atoms with Crippen LogP contribution < -0.4 is 19.5 Å². The molecule has 0 saturated heterocycles. The predicted molar refractivity (Wildman–Crippen MR) is 79.3 cm³/mol. The molecule has 1 rings (SSSR count). The number of methoxy groups -OCH3 is 3. The van der Waals surface area contributed by atoms with E-state index in [9.17, 15) is 9.90 Å². The van der Waals surface area contributed by atoms with E-state index in [-0.39, 0.29) is 0 Å². The first-order valence-corrected chi connectivity index (χ1v) is 6.70. The van der Waals surface area contributed by atoms with E-state index in [4.69, 9.17) is 14.2 Å². The van der Waals surface area contributed by atoms with Crippen LogP contribution in [0.3, 0.4) is 0 Å². The van der Waals surface area contributed by atoms with Gasteiger partial charge in [0, 0.05) is 0 Å². The summed E-state index contributed by atoms with van der Waals surface area (Å²) in [5.41, 5.74) is 0.553.